The van der Waals surface area contributed by atoms with E-state index >= 15 is 0 Å². The first-order valence-electron chi connectivity index (χ1n) is 12.7. The molecule has 0 aromatic carbocycles. The molecule has 2 N–H and O–H groups in total. The van der Waals surface area contributed by atoms with E-state index in [1.54, 1.807) is 0 Å². The molecule has 0 fully saturated rings. The Morgan fingerprint density at radius 2 is 0.926 bits per heavy atom. The van der Waals surface area contributed by atoms with Gasteiger partial charge in [-0.1, -0.05) is 122 Å². The molecule has 0 aliphatic heterocycles. The molecule has 162 valence electrons. The van der Waals surface area contributed by atoms with Gasteiger partial charge in [-0.25, -0.2) is 0 Å². The van der Waals surface area contributed by atoms with Crippen molar-refractivity contribution in [3.8, 4) is 0 Å². The Kier molecular flexibility index (Phi) is 23.5. The molecule has 0 unspecified atom stereocenters. The van der Waals surface area contributed by atoms with E-state index in [-0.39, 0.29) is 0 Å². The van der Waals surface area contributed by atoms with Gasteiger partial charge in [-0.05, 0) is 44.6 Å². The van der Waals surface area contributed by atoms with Gasteiger partial charge in [0, 0.05) is 0 Å². The van der Waals surface area contributed by atoms with Gasteiger partial charge in [0.15, 0.2) is 0 Å². The summed E-state index contributed by atoms with van der Waals surface area (Å²) in [6.07, 6.45) is 32.8. The number of rotatable bonds is 22. The molecule has 0 bridgehead atoms. The highest BCUT2D eigenvalue weighted by atomic mass is 14.5. The van der Waals surface area contributed by atoms with E-state index in [1.165, 1.54) is 128 Å². The standard InChI is InChI=1S/C26H53N/c1-3-5-22-26(23-6-4-2)24-20-18-16-14-12-10-8-7-9-11-13-15-17-19-21-25-27/h7-8,26H,3-6,9-25,27H2,1-2H3/b8-7-. The molecular weight excluding hydrogens is 326 g/mol. The van der Waals surface area contributed by atoms with Crippen LogP contribution in [0.2, 0.25) is 0 Å². The fraction of sp³-hybridized carbons (Fsp3) is 0.923. The summed E-state index contributed by atoms with van der Waals surface area (Å²) in [5.41, 5.74) is 5.52. The van der Waals surface area contributed by atoms with Gasteiger partial charge in [-0.2, -0.15) is 0 Å². The molecule has 1 nitrogen and oxygen atoms in total. The highest BCUT2D eigenvalue weighted by Crippen LogP contribution is 2.23. The van der Waals surface area contributed by atoms with Crippen molar-refractivity contribution in [1.82, 2.24) is 0 Å². The van der Waals surface area contributed by atoms with Gasteiger partial charge in [0.25, 0.3) is 0 Å². The van der Waals surface area contributed by atoms with Crippen molar-refractivity contribution in [3.63, 3.8) is 0 Å². The van der Waals surface area contributed by atoms with Gasteiger partial charge < -0.3 is 5.73 Å². The second kappa shape index (κ2) is 23.7. The number of nitrogens with two attached hydrogens (primary N) is 1. The molecule has 0 aromatic heterocycles. The normalized spacial score (nSPS) is 11.9. The van der Waals surface area contributed by atoms with E-state index in [9.17, 15) is 0 Å². The van der Waals surface area contributed by atoms with E-state index in [1.807, 2.05) is 0 Å². The van der Waals surface area contributed by atoms with Gasteiger partial charge >= 0.3 is 0 Å². The Hall–Kier alpha value is -0.300. The highest BCUT2D eigenvalue weighted by molar-refractivity contribution is 4.81. The third-order valence-corrected chi connectivity index (χ3v) is 5.91. The molecule has 0 atom stereocenters. The highest BCUT2D eigenvalue weighted by Gasteiger charge is 2.07. The van der Waals surface area contributed by atoms with Crippen molar-refractivity contribution in [2.45, 2.75) is 142 Å². The lowest BCUT2D eigenvalue weighted by molar-refractivity contribution is 0.376. The van der Waals surface area contributed by atoms with Gasteiger partial charge in [0.1, 0.15) is 0 Å². The Morgan fingerprint density at radius 1 is 0.519 bits per heavy atom. The molecule has 0 saturated heterocycles. The average Bonchev–Trinajstić information content (AvgIpc) is 2.69. The minimum atomic E-state index is 0.862. The van der Waals surface area contributed by atoms with E-state index in [4.69, 9.17) is 5.73 Å². The number of unbranched alkanes of at least 4 members (excludes halogenated alkanes) is 13. The quantitative estimate of drug-likeness (QED) is 0.147. The zero-order chi connectivity index (χ0) is 19.8. The largest absolute Gasteiger partial charge is 0.330 e. The molecule has 0 aromatic rings. The molecule has 0 amide bonds. The maximum Gasteiger partial charge on any atom is -0.00773 e. The summed E-state index contributed by atoms with van der Waals surface area (Å²) in [5.74, 6) is 1.02. The van der Waals surface area contributed by atoms with Crippen molar-refractivity contribution in [1.29, 1.82) is 0 Å². The average molecular weight is 380 g/mol. The van der Waals surface area contributed by atoms with Crippen molar-refractivity contribution < 1.29 is 0 Å². The van der Waals surface area contributed by atoms with Crippen LogP contribution in [0.15, 0.2) is 12.2 Å². The van der Waals surface area contributed by atoms with Crippen LogP contribution < -0.4 is 5.73 Å². The van der Waals surface area contributed by atoms with Gasteiger partial charge in [-0.3, -0.25) is 0 Å². The van der Waals surface area contributed by atoms with Crippen LogP contribution in [0, 0.1) is 5.92 Å². The third kappa shape index (κ3) is 21.9. The van der Waals surface area contributed by atoms with Crippen molar-refractivity contribution in [2.24, 2.45) is 11.7 Å². The zero-order valence-electron chi connectivity index (χ0n) is 19.2. The minimum absolute atomic E-state index is 0.862. The lowest BCUT2D eigenvalue weighted by atomic mass is 9.90. The summed E-state index contributed by atoms with van der Waals surface area (Å²) in [6, 6.07) is 0. The summed E-state index contributed by atoms with van der Waals surface area (Å²) in [4.78, 5) is 0. The molecule has 0 rings (SSSR count). The van der Waals surface area contributed by atoms with Crippen LogP contribution in [-0.2, 0) is 0 Å². The van der Waals surface area contributed by atoms with E-state index < -0.39 is 0 Å². The minimum Gasteiger partial charge on any atom is -0.330 e. The monoisotopic (exact) mass is 379 g/mol. The fourth-order valence-corrected chi connectivity index (χ4v) is 3.99. The lowest BCUT2D eigenvalue weighted by Crippen LogP contribution is -2.01. The maximum absolute atomic E-state index is 5.52. The van der Waals surface area contributed by atoms with Gasteiger partial charge in [0.2, 0.25) is 0 Å². The van der Waals surface area contributed by atoms with Crippen LogP contribution in [0.25, 0.3) is 0 Å². The first-order chi connectivity index (χ1) is 13.3. The zero-order valence-corrected chi connectivity index (χ0v) is 19.2. The van der Waals surface area contributed by atoms with Crippen molar-refractivity contribution in [3.05, 3.63) is 12.2 Å². The fourth-order valence-electron chi connectivity index (χ4n) is 3.99. The Balaban J connectivity index is 3.35. The Bertz CT molecular complexity index is 276. The van der Waals surface area contributed by atoms with Crippen molar-refractivity contribution in [2.75, 3.05) is 6.54 Å². The molecule has 0 spiro atoms. The van der Waals surface area contributed by atoms with Crippen LogP contribution in [-0.4, -0.2) is 6.54 Å². The topological polar surface area (TPSA) is 26.0 Å². The summed E-state index contributed by atoms with van der Waals surface area (Å²) in [6.45, 7) is 5.52. The van der Waals surface area contributed by atoms with E-state index in [0.717, 1.165) is 12.5 Å². The molecule has 0 aliphatic carbocycles. The second-order valence-corrected chi connectivity index (χ2v) is 8.67. The Labute approximate surface area is 173 Å². The predicted octanol–water partition coefficient (Wildman–Crippen LogP) is 8.96. The van der Waals surface area contributed by atoms with Crippen molar-refractivity contribution >= 4 is 0 Å². The number of hydrogen-bond acceptors (Lipinski definition) is 1. The van der Waals surface area contributed by atoms with Crippen LogP contribution in [0.3, 0.4) is 0 Å². The summed E-state index contributed by atoms with van der Waals surface area (Å²) in [5, 5.41) is 0. The molecule has 27 heavy (non-hydrogen) atoms. The molecule has 1 heteroatoms. The molecule has 0 heterocycles. The first-order valence-corrected chi connectivity index (χ1v) is 12.7. The molecule has 0 aliphatic rings. The van der Waals surface area contributed by atoms with E-state index in [2.05, 4.69) is 26.0 Å². The van der Waals surface area contributed by atoms with Gasteiger partial charge in [0.05, 0.1) is 0 Å². The number of allylic oxidation sites excluding steroid dienone is 2. The number of hydrogen-bond donors (Lipinski definition) is 1. The Morgan fingerprint density at radius 3 is 1.41 bits per heavy atom. The maximum atomic E-state index is 5.52. The molecule has 0 saturated carbocycles. The van der Waals surface area contributed by atoms with Crippen LogP contribution in [0.1, 0.15) is 142 Å². The third-order valence-electron chi connectivity index (χ3n) is 5.91. The lowest BCUT2D eigenvalue weighted by Gasteiger charge is -2.16. The first kappa shape index (κ1) is 26.7. The van der Waals surface area contributed by atoms with Crippen LogP contribution >= 0.6 is 0 Å². The SMILES string of the molecule is CCCCC(CCCC)CCCCCCC/C=C\CCCCCCCCN. The smallest absolute Gasteiger partial charge is 0.00773 e. The summed E-state index contributed by atoms with van der Waals surface area (Å²) < 4.78 is 0. The van der Waals surface area contributed by atoms with E-state index in [0.29, 0.717) is 0 Å². The van der Waals surface area contributed by atoms with Crippen LogP contribution in [0.5, 0.6) is 0 Å². The van der Waals surface area contributed by atoms with Crippen LogP contribution in [0.4, 0.5) is 0 Å². The molecule has 0 radical (unpaired) electrons. The summed E-state index contributed by atoms with van der Waals surface area (Å²) in [7, 11) is 0. The summed E-state index contributed by atoms with van der Waals surface area (Å²) >= 11 is 0. The van der Waals surface area contributed by atoms with Gasteiger partial charge in [-0.15, -0.1) is 0 Å². The predicted molar refractivity (Wildman–Crippen MR) is 125 cm³/mol. The molecular formula is C26H53N. The second-order valence-electron chi connectivity index (χ2n) is 8.67.